The minimum atomic E-state index is -4.94. The number of morpholine rings is 1. The number of rotatable bonds is 7. The lowest BCUT2D eigenvalue weighted by molar-refractivity contribution is -2.00. The summed E-state index contributed by atoms with van der Waals surface area (Å²) < 4.78 is 46.4. The Kier molecular flexibility index (Phi) is 9.67. The number of oxazole rings is 1. The van der Waals surface area contributed by atoms with Gasteiger partial charge in [0.1, 0.15) is 15.9 Å². The zero-order valence-electron chi connectivity index (χ0n) is 22.8. The lowest BCUT2D eigenvalue weighted by atomic mass is 10.2. The fraction of sp³-hybridized carbons (Fsp3) is 0.156. The summed E-state index contributed by atoms with van der Waals surface area (Å²) >= 11 is 0. The Morgan fingerprint density at radius 1 is 0.643 bits per heavy atom. The maximum absolute atomic E-state index is 8.49. The first-order valence-electron chi connectivity index (χ1n) is 13.4. The lowest BCUT2D eigenvalue weighted by Crippen LogP contribution is -2.68. The maximum atomic E-state index is 8.49. The molecule has 0 atom stereocenters. The molecule has 2 heterocycles. The van der Waals surface area contributed by atoms with E-state index in [-0.39, 0.29) is 0 Å². The van der Waals surface area contributed by atoms with Crippen LogP contribution in [0.2, 0.25) is 0 Å². The van der Waals surface area contributed by atoms with Crippen LogP contribution in [-0.4, -0.2) is 31.3 Å². The van der Waals surface area contributed by atoms with Crippen molar-refractivity contribution in [2.75, 3.05) is 31.2 Å². The SMILES string of the molecule is [O-][Cl+3]([O-])([O-])[O-].c1ccc(Cc2nc([P+](c3ccccc3)(c3ccccc3)c3ccccc3)c(N3CCOCC3)o2)cc1. The third kappa shape index (κ3) is 7.06. The second-order valence-electron chi connectivity index (χ2n) is 9.55. The van der Waals surface area contributed by atoms with Crippen LogP contribution in [0.25, 0.3) is 0 Å². The molecule has 1 saturated heterocycles. The summed E-state index contributed by atoms with van der Waals surface area (Å²) in [5.41, 5.74) is 2.22. The first-order valence-corrected chi connectivity index (χ1v) is 16.4. The smallest absolute Gasteiger partial charge is 0.261 e. The molecule has 0 N–H and O–H groups in total. The van der Waals surface area contributed by atoms with Crippen LogP contribution < -0.4 is 44.9 Å². The van der Waals surface area contributed by atoms with Crippen molar-refractivity contribution < 1.29 is 38.0 Å². The quantitative estimate of drug-likeness (QED) is 0.237. The molecule has 4 aromatic carbocycles. The van der Waals surface area contributed by atoms with Gasteiger partial charge in [-0.25, -0.2) is 18.6 Å². The molecule has 6 rings (SSSR count). The van der Waals surface area contributed by atoms with E-state index in [1.807, 2.05) is 6.07 Å². The highest BCUT2D eigenvalue weighted by Crippen LogP contribution is 2.56. The highest BCUT2D eigenvalue weighted by Gasteiger charge is 2.53. The van der Waals surface area contributed by atoms with Gasteiger partial charge in [0.2, 0.25) is 5.89 Å². The third-order valence-electron chi connectivity index (χ3n) is 6.88. The van der Waals surface area contributed by atoms with Gasteiger partial charge in [0.15, 0.2) is 7.26 Å². The molecule has 0 radical (unpaired) electrons. The van der Waals surface area contributed by atoms with Gasteiger partial charge >= 0.3 is 0 Å². The third-order valence-corrected chi connectivity index (χ3v) is 11.0. The average Bonchev–Trinajstić information content (AvgIpc) is 3.43. The Balaban J connectivity index is 0.000000652. The van der Waals surface area contributed by atoms with Crippen molar-refractivity contribution in [3.8, 4) is 0 Å². The van der Waals surface area contributed by atoms with E-state index in [1.165, 1.54) is 21.5 Å². The van der Waals surface area contributed by atoms with Crippen molar-refractivity contribution in [2.24, 2.45) is 0 Å². The van der Waals surface area contributed by atoms with E-state index in [9.17, 15) is 0 Å². The molecule has 10 heteroatoms. The van der Waals surface area contributed by atoms with Gasteiger partial charge in [-0.1, -0.05) is 84.9 Å². The van der Waals surface area contributed by atoms with Crippen LogP contribution in [0.4, 0.5) is 5.88 Å². The molecule has 42 heavy (non-hydrogen) atoms. The molecule has 8 nitrogen and oxygen atoms in total. The predicted molar refractivity (Wildman–Crippen MR) is 154 cm³/mol. The number of benzene rings is 4. The Hall–Kier alpha value is -3.59. The number of nitrogens with zero attached hydrogens (tertiary/aromatic N) is 2. The van der Waals surface area contributed by atoms with Crippen molar-refractivity contribution >= 4 is 34.5 Å². The Morgan fingerprint density at radius 2 is 1.05 bits per heavy atom. The van der Waals surface area contributed by atoms with Crippen molar-refractivity contribution in [2.45, 2.75) is 6.42 Å². The summed E-state index contributed by atoms with van der Waals surface area (Å²) in [5, 5.41) is 3.80. The van der Waals surface area contributed by atoms with Gasteiger partial charge in [-0.15, -0.1) is 10.2 Å². The molecule has 1 fully saturated rings. The van der Waals surface area contributed by atoms with E-state index < -0.39 is 17.5 Å². The van der Waals surface area contributed by atoms with Crippen molar-refractivity contribution in [3.63, 3.8) is 0 Å². The Morgan fingerprint density at radius 3 is 1.48 bits per heavy atom. The molecule has 1 aliphatic rings. The van der Waals surface area contributed by atoms with Gasteiger partial charge < -0.3 is 14.1 Å². The fourth-order valence-electron chi connectivity index (χ4n) is 5.15. The van der Waals surface area contributed by atoms with Gasteiger partial charge in [0.05, 0.1) is 13.2 Å². The van der Waals surface area contributed by atoms with Crippen molar-refractivity contribution in [3.05, 3.63) is 133 Å². The highest BCUT2D eigenvalue weighted by atomic mass is 35.7. The summed E-state index contributed by atoms with van der Waals surface area (Å²) in [6, 6.07) is 43.0. The van der Waals surface area contributed by atoms with E-state index in [0.29, 0.717) is 19.6 Å². The molecule has 0 amide bonds. The number of hydrogen-bond acceptors (Lipinski definition) is 8. The molecule has 216 valence electrons. The average molecular weight is 605 g/mol. The first-order chi connectivity index (χ1) is 20.4. The number of hydrogen-bond donors (Lipinski definition) is 0. The molecular formula is C32H30ClN2O6P. The summed E-state index contributed by atoms with van der Waals surface area (Å²) in [6.45, 7) is 2.93. The number of ether oxygens (including phenoxy) is 1. The van der Waals surface area contributed by atoms with E-state index in [1.54, 1.807) is 0 Å². The standard InChI is InChI=1S/C32H30N2O2P.ClHO4/c1-5-13-26(14-6-1)25-30-33-31(32(36-30)34-21-23-35-24-22-34)37(27-15-7-2-8-16-27,28-17-9-3-10-18-28)29-19-11-4-12-20-29;2-1(3,4)5/h1-20H,21-25H2;(H,2,3,4,5)/q+1;/p-1. The molecule has 0 unspecified atom stereocenters. The molecule has 0 saturated carbocycles. The lowest BCUT2D eigenvalue weighted by Gasteiger charge is -2.30. The Bertz CT molecular complexity index is 1420. The summed E-state index contributed by atoms with van der Waals surface area (Å²) in [6.07, 6.45) is 0.649. The first kappa shape index (κ1) is 29.9. The molecule has 1 aromatic heterocycles. The van der Waals surface area contributed by atoms with Crippen LogP contribution >= 0.6 is 7.26 Å². The zero-order chi connectivity index (χ0) is 29.4. The van der Waals surface area contributed by atoms with Crippen LogP contribution in [-0.2, 0) is 11.2 Å². The minimum absolute atomic E-state index is 0.649. The van der Waals surface area contributed by atoms with Gasteiger partial charge in [-0.3, -0.25) is 0 Å². The minimum Gasteiger partial charge on any atom is -0.420 e. The number of aromatic nitrogens is 1. The topological polar surface area (TPSA) is 131 Å². The fourth-order valence-corrected chi connectivity index (χ4v) is 9.37. The molecular weight excluding hydrogens is 575 g/mol. The van der Waals surface area contributed by atoms with Gasteiger partial charge in [0.25, 0.3) is 11.3 Å². The van der Waals surface area contributed by atoms with Gasteiger partial charge in [0, 0.05) is 19.5 Å². The van der Waals surface area contributed by atoms with Crippen LogP contribution in [0.3, 0.4) is 0 Å². The zero-order valence-corrected chi connectivity index (χ0v) is 24.4. The second-order valence-corrected chi connectivity index (χ2v) is 13.6. The summed E-state index contributed by atoms with van der Waals surface area (Å²) in [7, 11) is -7.33. The molecule has 5 aromatic rings. The highest BCUT2D eigenvalue weighted by molar-refractivity contribution is 8.01. The van der Waals surface area contributed by atoms with Crippen molar-refractivity contribution in [1.82, 2.24) is 4.98 Å². The van der Waals surface area contributed by atoms with E-state index in [4.69, 9.17) is 32.8 Å². The van der Waals surface area contributed by atoms with Crippen LogP contribution in [0, 0.1) is 10.2 Å². The van der Waals surface area contributed by atoms with E-state index in [2.05, 4.69) is 120 Å². The van der Waals surface area contributed by atoms with Gasteiger partial charge in [-0.05, 0) is 42.0 Å². The van der Waals surface area contributed by atoms with Crippen LogP contribution in [0.1, 0.15) is 11.5 Å². The molecule has 0 spiro atoms. The summed E-state index contributed by atoms with van der Waals surface area (Å²) in [5.74, 6) is 1.62. The maximum Gasteiger partial charge on any atom is 0.261 e. The predicted octanol–water partition coefficient (Wildman–Crippen LogP) is -0.0346. The normalized spacial score (nSPS) is 13.8. The van der Waals surface area contributed by atoms with Crippen molar-refractivity contribution in [1.29, 1.82) is 0 Å². The number of halogens is 1. The molecule has 0 bridgehead atoms. The number of anilines is 1. The van der Waals surface area contributed by atoms with E-state index in [0.717, 1.165) is 30.3 Å². The molecule has 1 aliphatic heterocycles. The van der Waals surface area contributed by atoms with E-state index >= 15 is 0 Å². The van der Waals surface area contributed by atoms with Crippen LogP contribution in [0.5, 0.6) is 0 Å². The summed E-state index contributed by atoms with van der Waals surface area (Å²) in [4.78, 5) is 7.71. The Labute approximate surface area is 247 Å². The largest absolute Gasteiger partial charge is 0.420 e. The second kappa shape index (κ2) is 13.6. The van der Waals surface area contributed by atoms with Gasteiger partial charge in [-0.2, -0.15) is 4.98 Å². The monoisotopic (exact) mass is 604 g/mol. The van der Waals surface area contributed by atoms with Crippen LogP contribution in [0.15, 0.2) is 126 Å². The molecule has 0 aliphatic carbocycles.